The van der Waals surface area contributed by atoms with Crippen molar-refractivity contribution in [3.8, 4) is 11.3 Å². The topological polar surface area (TPSA) is 83.6 Å². The van der Waals surface area contributed by atoms with Crippen molar-refractivity contribution >= 4 is 23.3 Å². The van der Waals surface area contributed by atoms with Crippen LogP contribution in [0.4, 0.5) is 18.0 Å². The molecule has 1 fully saturated rings. The Morgan fingerprint density at radius 3 is 2.55 bits per heavy atom. The molecule has 0 bridgehead atoms. The number of nitrogens with zero attached hydrogens (tertiary/aromatic N) is 2. The molecule has 0 unspecified atom stereocenters. The van der Waals surface area contributed by atoms with Crippen LogP contribution in [0.2, 0.25) is 0 Å². The molecule has 7 nitrogen and oxygen atoms in total. The number of thiazole rings is 1. The van der Waals surface area contributed by atoms with Crippen LogP contribution in [0, 0.1) is 5.92 Å². The lowest BCUT2D eigenvalue weighted by Crippen LogP contribution is -2.35. The molecular weight excluding hydrogens is 457 g/mol. The molecule has 0 atom stereocenters. The molecule has 0 saturated carbocycles. The summed E-state index contributed by atoms with van der Waals surface area (Å²) < 4.78 is 43.0. The van der Waals surface area contributed by atoms with Crippen molar-refractivity contribution in [1.82, 2.24) is 20.5 Å². The molecule has 2 heterocycles. The molecule has 1 aliphatic rings. The lowest BCUT2D eigenvalue weighted by atomic mass is 9.93. The van der Waals surface area contributed by atoms with Crippen molar-refractivity contribution in [2.24, 2.45) is 5.92 Å². The molecule has 2 aromatic rings. The van der Waals surface area contributed by atoms with E-state index in [1.54, 1.807) is 0 Å². The Bertz CT molecular complexity index is 926. The molecule has 0 spiro atoms. The van der Waals surface area contributed by atoms with Crippen LogP contribution in [0.3, 0.4) is 0 Å². The Hall–Kier alpha value is -2.66. The van der Waals surface area contributed by atoms with Gasteiger partial charge in [-0.2, -0.15) is 13.2 Å². The van der Waals surface area contributed by atoms with E-state index < -0.39 is 17.8 Å². The number of likely N-dealkylation sites (N-methyl/N-ethyl adjacent to an activating group) is 1. The molecule has 3 rings (SSSR count). The van der Waals surface area contributed by atoms with E-state index in [0.717, 1.165) is 49.5 Å². The maximum Gasteiger partial charge on any atom is 0.416 e. The zero-order valence-corrected chi connectivity index (χ0v) is 19.1. The van der Waals surface area contributed by atoms with Gasteiger partial charge in [-0.1, -0.05) is 12.1 Å². The van der Waals surface area contributed by atoms with E-state index in [1.165, 1.54) is 30.5 Å². The minimum absolute atomic E-state index is 0.294. The van der Waals surface area contributed by atoms with E-state index in [2.05, 4.69) is 20.5 Å². The molecule has 1 aromatic heterocycles. The average molecular weight is 485 g/mol. The molecule has 11 heteroatoms. The van der Waals surface area contributed by atoms with Crippen LogP contribution in [0.15, 0.2) is 29.6 Å². The number of alkyl halides is 3. The summed E-state index contributed by atoms with van der Waals surface area (Å²) in [5.41, 5.74) is 0.694. The highest BCUT2D eigenvalue weighted by molar-refractivity contribution is 7.09. The van der Waals surface area contributed by atoms with E-state index in [9.17, 15) is 22.8 Å². The summed E-state index contributed by atoms with van der Waals surface area (Å²) >= 11 is 1.51. The molecule has 1 aromatic carbocycles. The van der Waals surface area contributed by atoms with Crippen LogP contribution in [-0.2, 0) is 22.3 Å². The van der Waals surface area contributed by atoms with Crippen molar-refractivity contribution in [2.75, 3.05) is 33.3 Å². The van der Waals surface area contributed by atoms with Gasteiger partial charge < -0.3 is 15.4 Å². The summed E-state index contributed by atoms with van der Waals surface area (Å²) in [5.74, 6) is 0.142. The van der Waals surface area contributed by atoms with E-state index in [1.807, 2.05) is 5.38 Å². The van der Waals surface area contributed by atoms with Crippen molar-refractivity contribution in [3.63, 3.8) is 0 Å². The predicted octanol–water partition coefficient (Wildman–Crippen LogP) is 3.90. The summed E-state index contributed by atoms with van der Waals surface area (Å²) in [4.78, 5) is 29.5. The van der Waals surface area contributed by atoms with Gasteiger partial charge in [-0.25, -0.2) is 9.78 Å². The minimum Gasteiger partial charge on any atom is -0.439 e. The first-order chi connectivity index (χ1) is 15.7. The van der Waals surface area contributed by atoms with Crippen LogP contribution >= 0.6 is 11.3 Å². The van der Waals surface area contributed by atoms with Gasteiger partial charge in [-0.05, 0) is 50.4 Å². The summed E-state index contributed by atoms with van der Waals surface area (Å²) in [6, 6.07) is 5.07. The van der Waals surface area contributed by atoms with Crippen molar-refractivity contribution in [3.05, 3.63) is 40.2 Å². The normalized spacial score (nSPS) is 15.3. The Labute approximate surface area is 194 Å². The Morgan fingerprint density at radius 1 is 1.21 bits per heavy atom. The third-order valence-electron chi connectivity index (χ3n) is 5.56. The zero-order valence-electron chi connectivity index (χ0n) is 18.3. The summed E-state index contributed by atoms with van der Waals surface area (Å²) in [6.45, 7) is 2.75. The van der Waals surface area contributed by atoms with E-state index in [-0.39, 0.29) is 12.5 Å². The lowest BCUT2D eigenvalue weighted by Gasteiger charge is -2.31. The van der Waals surface area contributed by atoms with Crippen LogP contribution in [0.1, 0.15) is 29.8 Å². The molecule has 0 aliphatic carbocycles. The van der Waals surface area contributed by atoms with Crippen molar-refractivity contribution in [1.29, 1.82) is 0 Å². The predicted molar refractivity (Wildman–Crippen MR) is 119 cm³/mol. The standard InChI is InChI=1S/C22H27F3N4O3S/c1-26-19(30)13-32-21(31)27-9-6-15-7-10-29(11-8-15)12-20-28-18(14-33-20)16-2-4-17(5-3-16)22(23,24)25/h2-5,14-15H,6-13H2,1H3,(H,26,30)(H,27,31). The van der Waals surface area contributed by atoms with Gasteiger partial charge in [0.15, 0.2) is 6.61 Å². The Morgan fingerprint density at radius 2 is 1.91 bits per heavy atom. The number of likely N-dealkylation sites (tertiary alicyclic amines) is 1. The number of hydrogen-bond acceptors (Lipinski definition) is 6. The molecule has 2 N–H and O–H groups in total. The maximum absolute atomic E-state index is 12.7. The molecule has 1 saturated heterocycles. The number of hydrogen-bond donors (Lipinski definition) is 2. The number of aromatic nitrogens is 1. The van der Waals surface area contributed by atoms with Gasteiger partial charge in [0.1, 0.15) is 5.01 Å². The van der Waals surface area contributed by atoms with Gasteiger partial charge >= 0.3 is 12.3 Å². The second kappa shape index (κ2) is 11.5. The maximum atomic E-state index is 12.7. The number of benzene rings is 1. The quantitative estimate of drug-likeness (QED) is 0.594. The molecule has 2 amide bonds. The first kappa shape index (κ1) is 25.0. The number of amides is 2. The number of alkyl carbamates (subject to hydrolysis) is 1. The van der Waals surface area contributed by atoms with E-state index in [0.29, 0.717) is 30.3 Å². The van der Waals surface area contributed by atoms with Crippen molar-refractivity contribution < 1.29 is 27.5 Å². The number of nitrogens with one attached hydrogen (secondary N) is 2. The van der Waals surface area contributed by atoms with Gasteiger partial charge in [0, 0.05) is 24.5 Å². The molecule has 0 radical (unpaired) electrons. The Balaban J connectivity index is 1.38. The fourth-order valence-corrected chi connectivity index (χ4v) is 4.45. The summed E-state index contributed by atoms with van der Waals surface area (Å²) in [5, 5.41) is 7.85. The van der Waals surface area contributed by atoms with Crippen LogP contribution in [-0.4, -0.2) is 55.2 Å². The van der Waals surface area contributed by atoms with Gasteiger partial charge in [-0.3, -0.25) is 9.69 Å². The highest BCUT2D eigenvalue weighted by atomic mass is 32.1. The SMILES string of the molecule is CNC(=O)COC(=O)NCCC1CCN(Cc2nc(-c3ccc(C(F)(F)F)cc3)cs2)CC1. The van der Waals surface area contributed by atoms with Gasteiger partial charge in [0.2, 0.25) is 0 Å². The molecule has 180 valence electrons. The van der Waals surface area contributed by atoms with Crippen LogP contribution < -0.4 is 10.6 Å². The van der Waals surface area contributed by atoms with Gasteiger partial charge in [0.25, 0.3) is 5.91 Å². The van der Waals surface area contributed by atoms with Gasteiger partial charge in [-0.15, -0.1) is 11.3 Å². The summed E-state index contributed by atoms with van der Waals surface area (Å²) in [7, 11) is 1.47. The number of carbonyl (C=O) groups is 2. The lowest BCUT2D eigenvalue weighted by molar-refractivity contribution is -0.137. The number of carbonyl (C=O) groups excluding carboxylic acids is 2. The van der Waals surface area contributed by atoms with E-state index >= 15 is 0 Å². The number of piperidine rings is 1. The van der Waals surface area contributed by atoms with E-state index in [4.69, 9.17) is 4.74 Å². The first-order valence-electron chi connectivity index (χ1n) is 10.7. The third-order valence-corrected chi connectivity index (χ3v) is 6.39. The van der Waals surface area contributed by atoms with Crippen LogP contribution in [0.5, 0.6) is 0 Å². The number of rotatable bonds is 8. The number of ether oxygens (including phenoxy) is 1. The zero-order chi connectivity index (χ0) is 23.8. The third kappa shape index (κ3) is 7.71. The van der Waals surface area contributed by atoms with Crippen molar-refractivity contribution in [2.45, 2.75) is 32.0 Å². The second-order valence-corrected chi connectivity index (χ2v) is 8.83. The Kier molecular flexibility index (Phi) is 8.67. The highest BCUT2D eigenvalue weighted by Gasteiger charge is 2.30. The molecular formula is C22H27F3N4O3S. The highest BCUT2D eigenvalue weighted by Crippen LogP contribution is 2.31. The average Bonchev–Trinajstić information content (AvgIpc) is 3.26. The monoisotopic (exact) mass is 484 g/mol. The van der Waals surface area contributed by atoms with Crippen LogP contribution in [0.25, 0.3) is 11.3 Å². The minimum atomic E-state index is -4.34. The fourth-order valence-electron chi connectivity index (χ4n) is 3.60. The summed E-state index contributed by atoms with van der Waals surface area (Å²) in [6.07, 6.45) is -2.08. The largest absolute Gasteiger partial charge is 0.439 e. The van der Waals surface area contributed by atoms with Gasteiger partial charge in [0.05, 0.1) is 17.8 Å². The smallest absolute Gasteiger partial charge is 0.416 e. The molecule has 33 heavy (non-hydrogen) atoms. The number of halogens is 3. The first-order valence-corrected chi connectivity index (χ1v) is 11.6. The fraction of sp³-hybridized carbons (Fsp3) is 0.500. The molecule has 1 aliphatic heterocycles. The second-order valence-electron chi connectivity index (χ2n) is 7.89.